The van der Waals surface area contributed by atoms with E-state index in [1.807, 2.05) is 20.8 Å². The second-order valence-electron chi connectivity index (χ2n) is 4.32. The van der Waals surface area contributed by atoms with Gasteiger partial charge in [-0.15, -0.1) is 0 Å². The average molecular weight is 256 g/mol. The van der Waals surface area contributed by atoms with Crippen molar-refractivity contribution in [3.8, 4) is 11.5 Å². The second kappa shape index (κ2) is 4.35. The molecular weight excluding hydrogens is 239 g/mol. The van der Waals surface area contributed by atoms with E-state index in [1.54, 1.807) is 24.3 Å². The fraction of sp³-hybridized carbons (Fsp3) is 0.500. The molecule has 0 radical (unpaired) electrons. The van der Waals surface area contributed by atoms with Crippen molar-refractivity contribution in [1.82, 2.24) is 0 Å². The quantitative estimate of drug-likeness (QED) is 0.759. The first-order valence-electron chi connectivity index (χ1n) is 5.79. The Morgan fingerprint density at radius 1 is 1.18 bits per heavy atom. The summed E-state index contributed by atoms with van der Waals surface area (Å²) in [4.78, 5) is 0. The highest BCUT2D eigenvalue weighted by Crippen LogP contribution is 2.61. The van der Waals surface area contributed by atoms with Crippen molar-refractivity contribution >= 4 is 7.82 Å². The van der Waals surface area contributed by atoms with Crippen molar-refractivity contribution in [2.45, 2.75) is 39.2 Å². The fourth-order valence-corrected chi connectivity index (χ4v) is 3.24. The predicted octanol–water partition coefficient (Wildman–Crippen LogP) is 4.16. The number of rotatable bonds is 4. The summed E-state index contributed by atoms with van der Waals surface area (Å²) in [5.74, 6) is 0.954. The number of para-hydroxylation sites is 2. The van der Waals surface area contributed by atoms with Gasteiger partial charge in [0, 0.05) is 0 Å². The summed E-state index contributed by atoms with van der Waals surface area (Å²) in [6, 6.07) is 7.04. The number of phosphoric ester groups is 1. The standard InChI is InChI=1S/C12H17O4P/c1-4-12(3,5-2)16-17(13)14-10-8-6-7-9-11(10)15-17/h6-9H,4-5H2,1-3H3. The van der Waals surface area contributed by atoms with Gasteiger partial charge in [0.15, 0.2) is 11.5 Å². The highest BCUT2D eigenvalue weighted by Gasteiger charge is 2.44. The third kappa shape index (κ3) is 2.48. The topological polar surface area (TPSA) is 44.8 Å². The molecule has 94 valence electrons. The molecule has 2 rings (SSSR count). The molecule has 0 spiro atoms. The van der Waals surface area contributed by atoms with E-state index in [-0.39, 0.29) is 0 Å². The molecule has 0 fully saturated rings. The Hall–Kier alpha value is -0.990. The van der Waals surface area contributed by atoms with Crippen LogP contribution in [0.25, 0.3) is 0 Å². The van der Waals surface area contributed by atoms with Gasteiger partial charge in [0.1, 0.15) is 0 Å². The van der Waals surface area contributed by atoms with E-state index in [2.05, 4.69) is 0 Å². The zero-order valence-electron chi connectivity index (χ0n) is 10.3. The first-order chi connectivity index (χ1) is 8.00. The summed E-state index contributed by atoms with van der Waals surface area (Å²) in [7, 11) is -3.51. The molecule has 0 amide bonds. The molecule has 0 atom stereocenters. The minimum atomic E-state index is -3.51. The zero-order valence-corrected chi connectivity index (χ0v) is 11.2. The van der Waals surface area contributed by atoms with E-state index in [0.717, 1.165) is 12.8 Å². The van der Waals surface area contributed by atoms with Crippen LogP contribution in [0.1, 0.15) is 33.6 Å². The van der Waals surface area contributed by atoms with Crippen molar-refractivity contribution < 1.29 is 18.1 Å². The summed E-state index contributed by atoms with van der Waals surface area (Å²) < 4.78 is 28.5. The lowest BCUT2D eigenvalue weighted by Crippen LogP contribution is -2.26. The van der Waals surface area contributed by atoms with Gasteiger partial charge in [-0.1, -0.05) is 26.0 Å². The van der Waals surface area contributed by atoms with Gasteiger partial charge in [0.25, 0.3) is 0 Å². The molecule has 1 aromatic carbocycles. The molecule has 0 unspecified atom stereocenters. The SMILES string of the molecule is CCC(C)(CC)OP1(=O)Oc2ccccc2O1. The van der Waals surface area contributed by atoms with Gasteiger partial charge in [0.2, 0.25) is 0 Å². The Balaban J connectivity index is 2.18. The van der Waals surface area contributed by atoms with Crippen LogP contribution in [0.5, 0.6) is 11.5 Å². The Kier molecular flexibility index (Phi) is 3.19. The fourth-order valence-electron chi connectivity index (χ4n) is 1.55. The van der Waals surface area contributed by atoms with E-state index in [0.29, 0.717) is 11.5 Å². The molecule has 1 aliphatic rings. The van der Waals surface area contributed by atoms with Crippen LogP contribution in [0, 0.1) is 0 Å². The van der Waals surface area contributed by atoms with Crippen LogP contribution in [0.2, 0.25) is 0 Å². The van der Waals surface area contributed by atoms with E-state index in [9.17, 15) is 4.57 Å². The average Bonchev–Trinajstić information content (AvgIpc) is 2.64. The van der Waals surface area contributed by atoms with E-state index >= 15 is 0 Å². The van der Waals surface area contributed by atoms with Crippen LogP contribution in [0.3, 0.4) is 0 Å². The van der Waals surface area contributed by atoms with Crippen molar-refractivity contribution in [2.24, 2.45) is 0 Å². The first-order valence-corrected chi connectivity index (χ1v) is 7.25. The summed E-state index contributed by atoms with van der Waals surface area (Å²) in [5, 5.41) is 0. The summed E-state index contributed by atoms with van der Waals surface area (Å²) in [6.07, 6.45) is 1.49. The van der Waals surface area contributed by atoms with Crippen LogP contribution >= 0.6 is 7.82 Å². The largest absolute Gasteiger partial charge is 0.588 e. The number of hydrogen-bond acceptors (Lipinski definition) is 4. The molecule has 0 bridgehead atoms. The Morgan fingerprint density at radius 3 is 2.06 bits per heavy atom. The second-order valence-corrected chi connectivity index (χ2v) is 5.77. The lowest BCUT2D eigenvalue weighted by molar-refractivity contribution is 0.0540. The van der Waals surface area contributed by atoms with Gasteiger partial charge in [-0.3, -0.25) is 4.52 Å². The summed E-state index contributed by atoms with van der Waals surface area (Å²) >= 11 is 0. The van der Waals surface area contributed by atoms with Gasteiger partial charge in [-0.05, 0) is 31.9 Å². The molecule has 5 heteroatoms. The van der Waals surface area contributed by atoms with Gasteiger partial charge < -0.3 is 9.05 Å². The van der Waals surface area contributed by atoms with Crippen molar-refractivity contribution in [1.29, 1.82) is 0 Å². The molecule has 1 heterocycles. The maximum atomic E-state index is 12.3. The monoisotopic (exact) mass is 256 g/mol. The Morgan fingerprint density at radius 2 is 1.65 bits per heavy atom. The predicted molar refractivity (Wildman–Crippen MR) is 65.4 cm³/mol. The summed E-state index contributed by atoms with van der Waals surface area (Å²) in [5.41, 5.74) is -0.489. The lowest BCUT2D eigenvalue weighted by Gasteiger charge is -2.27. The van der Waals surface area contributed by atoms with Crippen LogP contribution in [0.15, 0.2) is 24.3 Å². The summed E-state index contributed by atoms with van der Waals surface area (Å²) in [6.45, 7) is 5.88. The molecule has 0 aliphatic carbocycles. The minimum absolute atomic E-state index is 0.477. The highest BCUT2D eigenvalue weighted by atomic mass is 31.2. The maximum Gasteiger partial charge on any atom is 0.588 e. The first kappa shape index (κ1) is 12.5. The lowest BCUT2D eigenvalue weighted by atomic mass is 10.0. The third-order valence-electron chi connectivity index (χ3n) is 3.10. The van der Waals surface area contributed by atoms with Gasteiger partial charge in [-0.2, -0.15) is 0 Å². The maximum absolute atomic E-state index is 12.3. The van der Waals surface area contributed by atoms with Gasteiger partial charge >= 0.3 is 7.82 Å². The molecule has 1 aliphatic heterocycles. The zero-order chi connectivity index (χ0) is 12.5. The van der Waals surface area contributed by atoms with Gasteiger partial charge in [0.05, 0.1) is 5.60 Å². The van der Waals surface area contributed by atoms with Gasteiger partial charge in [-0.25, -0.2) is 4.57 Å². The third-order valence-corrected chi connectivity index (χ3v) is 4.60. The number of benzene rings is 1. The number of hydrogen-bond donors (Lipinski definition) is 0. The smallest absolute Gasteiger partial charge is 0.391 e. The van der Waals surface area contributed by atoms with Crippen LogP contribution in [-0.2, 0) is 9.09 Å². The van der Waals surface area contributed by atoms with Crippen LogP contribution in [-0.4, -0.2) is 5.60 Å². The van der Waals surface area contributed by atoms with E-state index in [1.165, 1.54) is 0 Å². The molecule has 0 saturated heterocycles. The normalized spacial score (nSPS) is 17.1. The molecular formula is C12H17O4P. The minimum Gasteiger partial charge on any atom is -0.391 e. The molecule has 17 heavy (non-hydrogen) atoms. The molecule has 4 nitrogen and oxygen atoms in total. The molecule has 0 saturated carbocycles. The van der Waals surface area contributed by atoms with Crippen molar-refractivity contribution in [3.63, 3.8) is 0 Å². The van der Waals surface area contributed by atoms with Crippen LogP contribution < -0.4 is 9.05 Å². The van der Waals surface area contributed by atoms with E-state index in [4.69, 9.17) is 13.6 Å². The molecule has 1 aromatic rings. The van der Waals surface area contributed by atoms with Crippen LogP contribution in [0.4, 0.5) is 0 Å². The Bertz CT molecular complexity index is 425. The highest BCUT2D eigenvalue weighted by molar-refractivity contribution is 7.49. The molecule has 0 N–H and O–H groups in total. The van der Waals surface area contributed by atoms with E-state index < -0.39 is 13.4 Å². The number of phosphoric acid groups is 1. The van der Waals surface area contributed by atoms with Crippen molar-refractivity contribution in [2.75, 3.05) is 0 Å². The number of fused-ring (bicyclic) bond motifs is 1. The van der Waals surface area contributed by atoms with Crippen molar-refractivity contribution in [3.05, 3.63) is 24.3 Å². The Labute approximate surface area is 102 Å². The molecule has 0 aromatic heterocycles.